The molecule has 18 heavy (non-hydrogen) atoms. The summed E-state index contributed by atoms with van der Waals surface area (Å²) >= 11 is 0. The highest BCUT2D eigenvalue weighted by molar-refractivity contribution is 5.20. The van der Waals surface area contributed by atoms with Crippen molar-refractivity contribution in [3.8, 4) is 0 Å². The van der Waals surface area contributed by atoms with Crippen molar-refractivity contribution in [2.75, 3.05) is 39.5 Å². The molecule has 0 aromatic heterocycles. The van der Waals surface area contributed by atoms with Gasteiger partial charge in [0.2, 0.25) is 0 Å². The van der Waals surface area contributed by atoms with Gasteiger partial charge in [0.1, 0.15) is 0 Å². The lowest BCUT2D eigenvalue weighted by molar-refractivity contribution is -0.0165. The molecule has 1 fully saturated rings. The van der Waals surface area contributed by atoms with Gasteiger partial charge < -0.3 is 14.9 Å². The molecule has 1 atom stereocenters. The number of rotatable bonds is 5. The fraction of sp³-hybridized carbons (Fsp3) is 0.571. The topological polar surface area (TPSA) is 52.9 Å². The Labute approximate surface area is 108 Å². The quantitative estimate of drug-likeness (QED) is 0.807. The minimum absolute atomic E-state index is 0.00653. The van der Waals surface area contributed by atoms with E-state index in [0.29, 0.717) is 13.2 Å². The van der Waals surface area contributed by atoms with Gasteiger partial charge in [-0.25, -0.2) is 0 Å². The molecule has 0 aliphatic carbocycles. The smallest absolute Gasteiger partial charge is 0.0594 e. The predicted molar refractivity (Wildman–Crippen MR) is 69.2 cm³/mol. The first-order chi connectivity index (χ1) is 8.86. The Kier molecular flexibility index (Phi) is 5.13. The third-order valence-electron chi connectivity index (χ3n) is 3.50. The van der Waals surface area contributed by atoms with E-state index in [-0.39, 0.29) is 25.2 Å². The van der Waals surface area contributed by atoms with Crippen LogP contribution in [0.3, 0.4) is 0 Å². The van der Waals surface area contributed by atoms with Crippen LogP contribution in [0.5, 0.6) is 0 Å². The lowest BCUT2D eigenvalue weighted by Gasteiger charge is -2.38. The van der Waals surface area contributed by atoms with E-state index in [1.54, 1.807) is 0 Å². The normalized spacial score (nSPS) is 19.1. The second-order valence-electron chi connectivity index (χ2n) is 4.63. The number of hydrogen-bond acceptors (Lipinski definition) is 4. The molecule has 2 rings (SSSR count). The molecular weight excluding hydrogens is 230 g/mol. The molecule has 1 heterocycles. The molecule has 0 radical (unpaired) electrons. The summed E-state index contributed by atoms with van der Waals surface area (Å²) in [6, 6.07) is 10.1. The number of aliphatic hydroxyl groups is 2. The summed E-state index contributed by atoms with van der Waals surface area (Å²) in [5, 5.41) is 18.9. The maximum atomic E-state index is 9.47. The van der Waals surface area contributed by atoms with Crippen molar-refractivity contribution < 1.29 is 14.9 Å². The monoisotopic (exact) mass is 251 g/mol. The van der Waals surface area contributed by atoms with Crippen molar-refractivity contribution in [2.45, 2.75) is 6.04 Å². The van der Waals surface area contributed by atoms with Crippen LogP contribution in [0.2, 0.25) is 0 Å². The van der Waals surface area contributed by atoms with Crippen LogP contribution in [-0.4, -0.2) is 54.6 Å². The van der Waals surface area contributed by atoms with Gasteiger partial charge in [-0.15, -0.1) is 0 Å². The van der Waals surface area contributed by atoms with Crippen LogP contribution in [0.1, 0.15) is 11.6 Å². The third kappa shape index (κ3) is 3.09. The van der Waals surface area contributed by atoms with Gasteiger partial charge in [-0.3, -0.25) is 4.90 Å². The Bertz CT molecular complexity index is 334. The van der Waals surface area contributed by atoms with Crippen LogP contribution in [0.15, 0.2) is 30.3 Å². The minimum atomic E-state index is -0.148. The molecular formula is C14H21NO3. The van der Waals surface area contributed by atoms with Gasteiger partial charge in [-0.1, -0.05) is 30.3 Å². The van der Waals surface area contributed by atoms with Crippen LogP contribution in [-0.2, 0) is 4.74 Å². The van der Waals surface area contributed by atoms with Gasteiger partial charge in [-0.05, 0) is 5.56 Å². The van der Waals surface area contributed by atoms with Crippen molar-refractivity contribution >= 4 is 0 Å². The molecule has 1 unspecified atom stereocenters. The van der Waals surface area contributed by atoms with Crippen molar-refractivity contribution in [3.05, 3.63) is 35.9 Å². The SMILES string of the molecule is OCC(CO)C(c1ccccc1)N1CCOCC1. The number of ether oxygens (including phenoxy) is 1. The molecule has 1 aromatic carbocycles. The Balaban J connectivity index is 2.21. The third-order valence-corrected chi connectivity index (χ3v) is 3.50. The van der Waals surface area contributed by atoms with Gasteiger partial charge >= 0.3 is 0 Å². The van der Waals surface area contributed by atoms with E-state index in [2.05, 4.69) is 17.0 Å². The highest BCUT2D eigenvalue weighted by Gasteiger charge is 2.29. The van der Waals surface area contributed by atoms with Crippen LogP contribution in [0.25, 0.3) is 0 Å². The predicted octanol–water partition coefficient (Wildman–Crippen LogP) is 0.661. The molecule has 0 spiro atoms. The van der Waals surface area contributed by atoms with Gasteiger partial charge in [0, 0.05) is 38.3 Å². The maximum absolute atomic E-state index is 9.47. The summed E-state index contributed by atoms with van der Waals surface area (Å²) in [5.74, 6) is -0.148. The van der Waals surface area contributed by atoms with E-state index in [0.717, 1.165) is 18.7 Å². The number of hydrogen-bond donors (Lipinski definition) is 2. The fourth-order valence-electron chi connectivity index (χ4n) is 2.54. The van der Waals surface area contributed by atoms with E-state index < -0.39 is 0 Å². The molecule has 1 aliphatic rings. The van der Waals surface area contributed by atoms with Gasteiger partial charge in [0.15, 0.2) is 0 Å². The van der Waals surface area contributed by atoms with E-state index in [4.69, 9.17) is 4.74 Å². The number of aliphatic hydroxyl groups excluding tert-OH is 2. The Hall–Kier alpha value is -0.940. The lowest BCUT2D eigenvalue weighted by atomic mass is 9.92. The van der Waals surface area contributed by atoms with Crippen molar-refractivity contribution in [1.29, 1.82) is 0 Å². The van der Waals surface area contributed by atoms with E-state index >= 15 is 0 Å². The number of benzene rings is 1. The standard InChI is InChI=1S/C14H21NO3/c16-10-13(11-17)14(12-4-2-1-3-5-12)15-6-8-18-9-7-15/h1-5,13-14,16-17H,6-11H2. The molecule has 2 N–H and O–H groups in total. The summed E-state index contributed by atoms with van der Waals surface area (Å²) in [7, 11) is 0. The number of nitrogens with zero attached hydrogens (tertiary/aromatic N) is 1. The number of morpholine rings is 1. The highest BCUT2D eigenvalue weighted by Crippen LogP contribution is 2.29. The first-order valence-electron chi connectivity index (χ1n) is 6.45. The fourth-order valence-corrected chi connectivity index (χ4v) is 2.54. The zero-order chi connectivity index (χ0) is 12.8. The molecule has 4 heteroatoms. The van der Waals surface area contributed by atoms with Crippen LogP contribution >= 0.6 is 0 Å². The molecule has 100 valence electrons. The first-order valence-corrected chi connectivity index (χ1v) is 6.45. The summed E-state index contributed by atoms with van der Waals surface area (Å²) in [6.07, 6.45) is 0. The Morgan fingerprint density at radius 1 is 1.06 bits per heavy atom. The lowest BCUT2D eigenvalue weighted by Crippen LogP contribution is -2.43. The minimum Gasteiger partial charge on any atom is -0.396 e. The molecule has 4 nitrogen and oxygen atoms in total. The van der Waals surface area contributed by atoms with Gasteiger partial charge in [-0.2, -0.15) is 0 Å². The van der Waals surface area contributed by atoms with Crippen LogP contribution < -0.4 is 0 Å². The molecule has 0 bridgehead atoms. The second-order valence-corrected chi connectivity index (χ2v) is 4.63. The largest absolute Gasteiger partial charge is 0.396 e. The summed E-state index contributed by atoms with van der Waals surface area (Å²) < 4.78 is 5.37. The molecule has 1 aromatic rings. The van der Waals surface area contributed by atoms with Crippen molar-refractivity contribution in [2.24, 2.45) is 5.92 Å². The summed E-state index contributed by atoms with van der Waals surface area (Å²) in [4.78, 5) is 2.29. The highest BCUT2D eigenvalue weighted by atomic mass is 16.5. The van der Waals surface area contributed by atoms with Gasteiger partial charge in [0.05, 0.1) is 13.2 Å². The van der Waals surface area contributed by atoms with Crippen molar-refractivity contribution in [3.63, 3.8) is 0 Å². The zero-order valence-electron chi connectivity index (χ0n) is 10.5. The van der Waals surface area contributed by atoms with Crippen LogP contribution in [0.4, 0.5) is 0 Å². The zero-order valence-corrected chi connectivity index (χ0v) is 10.5. The average Bonchev–Trinajstić information content (AvgIpc) is 2.46. The molecule has 0 amide bonds. The summed E-state index contributed by atoms with van der Waals surface area (Å²) in [5.41, 5.74) is 1.15. The maximum Gasteiger partial charge on any atom is 0.0594 e. The van der Waals surface area contributed by atoms with E-state index in [1.165, 1.54) is 0 Å². The average molecular weight is 251 g/mol. The molecule has 0 saturated carbocycles. The Morgan fingerprint density at radius 3 is 2.22 bits per heavy atom. The van der Waals surface area contributed by atoms with Crippen molar-refractivity contribution in [1.82, 2.24) is 4.90 Å². The van der Waals surface area contributed by atoms with Crippen LogP contribution in [0, 0.1) is 5.92 Å². The molecule has 1 saturated heterocycles. The Morgan fingerprint density at radius 2 is 1.67 bits per heavy atom. The van der Waals surface area contributed by atoms with E-state index in [9.17, 15) is 10.2 Å². The van der Waals surface area contributed by atoms with E-state index in [1.807, 2.05) is 18.2 Å². The molecule has 1 aliphatic heterocycles. The van der Waals surface area contributed by atoms with Gasteiger partial charge in [0.25, 0.3) is 0 Å². The summed E-state index contributed by atoms with van der Waals surface area (Å²) in [6.45, 7) is 3.10. The second kappa shape index (κ2) is 6.85. The first kappa shape index (κ1) is 13.5.